The number of carbonyl (C=O) groups excluding carboxylic acids is 2. The fraction of sp³-hybridized carbons (Fsp3) is 0.636. The highest BCUT2D eigenvalue weighted by atomic mass is 19.4. The molecule has 1 aliphatic heterocycles. The van der Waals surface area contributed by atoms with Crippen molar-refractivity contribution in [1.29, 1.82) is 0 Å². The van der Waals surface area contributed by atoms with Crippen LogP contribution in [-0.2, 0) is 16.8 Å². The summed E-state index contributed by atoms with van der Waals surface area (Å²) in [4.78, 5) is 25.5. The summed E-state index contributed by atoms with van der Waals surface area (Å²) in [6.45, 7) is 5.31. The van der Waals surface area contributed by atoms with Gasteiger partial charge in [-0.05, 0) is 50.3 Å². The van der Waals surface area contributed by atoms with E-state index in [-0.39, 0.29) is 36.8 Å². The molecule has 192 valence electrons. The van der Waals surface area contributed by atoms with Crippen LogP contribution >= 0.6 is 0 Å². The van der Waals surface area contributed by atoms with Gasteiger partial charge in [-0.25, -0.2) is 4.79 Å². The van der Waals surface area contributed by atoms with Crippen molar-refractivity contribution in [1.82, 2.24) is 10.2 Å². The summed E-state index contributed by atoms with van der Waals surface area (Å²) in [6, 6.07) is 1.71. The molecule has 0 aliphatic carbocycles. The summed E-state index contributed by atoms with van der Waals surface area (Å²) >= 11 is 0. The zero-order valence-electron chi connectivity index (χ0n) is 19.1. The predicted molar refractivity (Wildman–Crippen MR) is 110 cm³/mol. The van der Waals surface area contributed by atoms with Crippen molar-refractivity contribution in [3.8, 4) is 5.75 Å². The van der Waals surface area contributed by atoms with E-state index in [1.54, 1.807) is 20.8 Å². The number of halogens is 6. The van der Waals surface area contributed by atoms with Crippen molar-refractivity contribution in [3.63, 3.8) is 0 Å². The minimum Gasteiger partial charge on any atom is -0.493 e. The fourth-order valence-corrected chi connectivity index (χ4v) is 3.64. The van der Waals surface area contributed by atoms with Gasteiger partial charge in [0.05, 0.1) is 6.61 Å². The zero-order chi connectivity index (χ0) is 25.9. The fourth-order valence-electron chi connectivity index (χ4n) is 3.64. The van der Waals surface area contributed by atoms with E-state index in [0.29, 0.717) is 37.8 Å². The Hall–Kier alpha value is -2.50. The zero-order valence-corrected chi connectivity index (χ0v) is 19.1. The molecule has 1 saturated heterocycles. The molecule has 34 heavy (non-hydrogen) atoms. The number of imide groups is 1. The smallest absolute Gasteiger partial charge is 0.430 e. The van der Waals surface area contributed by atoms with Gasteiger partial charge in [-0.3, -0.25) is 9.69 Å². The molecule has 12 heteroatoms. The van der Waals surface area contributed by atoms with E-state index >= 15 is 0 Å². The van der Waals surface area contributed by atoms with Crippen LogP contribution in [0.1, 0.15) is 57.6 Å². The van der Waals surface area contributed by atoms with Crippen molar-refractivity contribution >= 4 is 11.9 Å². The molecule has 0 spiro atoms. The average Bonchev–Trinajstić information content (AvgIpc) is 2.95. The van der Waals surface area contributed by atoms with Crippen LogP contribution in [0.15, 0.2) is 18.2 Å². The Morgan fingerprint density at radius 1 is 1.06 bits per heavy atom. The number of carbonyl (C=O) groups is 2. The Balaban J connectivity index is 2.07. The molecule has 1 atom stereocenters. The molecule has 6 nitrogen and oxygen atoms in total. The lowest BCUT2D eigenvalue weighted by Gasteiger charge is -2.33. The summed E-state index contributed by atoms with van der Waals surface area (Å²) in [6.07, 6.45) is -10.2. The second-order valence-corrected chi connectivity index (χ2v) is 8.41. The highest BCUT2D eigenvalue weighted by Gasteiger charge is 2.71. The summed E-state index contributed by atoms with van der Waals surface area (Å²) < 4.78 is 84.7. The van der Waals surface area contributed by atoms with Gasteiger partial charge < -0.3 is 15.2 Å². The summed E-state index contributed by atoms with van der Waals surface area (Å²) in [5, 5.41) is 12.3. The Morgan fingerprint density at radius 3 is 2.18 bits per heavy atom. The molecule has 3 amide bonds. The lowest BCUT2D eigenvalue weighted by molar-refractivity contribution is -0.376. The first-order chi connectivity index (χ1) is 15.6. The molecule has 1 aromatic carbocycles. The van der Waals surface area contributed by atoms with E-state index in [9.17, 15) is 41.0 Å². The third kappa shape index (κ3) is 5.26. The molecule has 1 unspecified atom stereocenters. The number of aliphatic hydroxyl groups is 1. The topological polar surface area (TPSA) is 78.9 Å². The quantitative estimate of drug-likeness (QED) is 0.275. The van der Waals surface area contributed by atoms with Gasteiger partial charge in [-0.2, -0.15) is 26.3 Å². The third-order valence-electron chi connectivity index (χ3n) is 5.90. The maximum absolute atomic E-state index is 13.2. The van der Waals surface area contributed by atoms with Gasteiger partial charge in [0, 0.05) is 12.1 Å². The number of benzene rings is 1. The van der Waals surface area contributed by atoms with Crippen molar-refractivity contribution in [2.75, 3.05) is 13.2 Å². The number of unbranched alkanes of at least 4 members (excludes halogenated alkanes) is 1. The largest absolute Gasteiger partial charge is 0.493 e. The highest BCUT2D eigenvalue weighted by molar-refractivity contribution is 6.06. The number of alkyl halides is 6. The first-order valence-electron chi connectivity index (χ1n) is 10.9. The average molecular weight is 498 g/mol. The normalized spacial score (nSPS) is 19.5. The maximum atomic E-state index is 13.2. The lowest BCUT2D eigenvalue weighted by atomic mass is 9.90. The van der Waals surface area contributed by atoms with Crippen LogP contribution in [0, 0.1) is 0 Å². The minimum absolute atomic E-state index is 0.0631. The van der Waals surface area contributed by atoms with Crippen LogP contribution in [0.2, 0.25) is 0 Å². The summed E-state index contributed by atoms with van der Waals surface area (Å²) in [7, 11) is 0. The molecule has 0 saturated carbocycles. The van der Waals surface area contributed by atoms with Crippen LogP contribution in [-0.4, -0.2) is 53.0 Å². The van der Waals surface area contributed by atoms with E-state index in [0.717, 1.165) is 11.0 Å². The minimum atomic E-state index is -5.97. The molecule has 0 bridgehead atoms. The predicted octanol–water partition coefficient (Wildman–Crippen LogP) is 4.83. The van der Waals surface area contributed by atoms with Gasteiger partial charge in [0.15, 0.2) is 0 Å². The van der Waals surface area contributed by atoms with Crippen molar-refractivity contribution in [2.24, 2.45) is 0 Å². The first kappa shape index (κ1) is 27.7. The summed E-state index contributed by atoms with van der Waals surface area (Å²) in [5.74, 6) is -0.227. The molecule has 0 radical (unpaired) electrons. The number of ether oxygens (including phenoxy) is 1. The molecule has 2 rings (SSSR count). The Morgan fingerprint density at radius 2 is 1.68 bits per heavy atom. The SMILES string of the molecule is CCCc1cc(C(O)(C(F)(F)F)C(F)(F)F)ccc1OCCCCN1C(=O)NC(C)(CC)C1=O. The molecule has 1 fully saturated rings. The van der Waals surface area contributed by atoms with Gasteiger partial charge in [0.25, 0.3) is 11.5 Å². The van der Waals surface area contributed by atoms with E-state index in [2.05, 4.69) is 5.32 Å². The van der Waals surface area contributed by atoms with Crippen LogP contribution < -0.4 is 10.1 Å². The van der Waals surface area contributed by atoms with Crippen molar-refractivity contribution in [3.05, 3.63) is 29.3 Å². The van der Waals surface area contributed by atoms with Crippen molar-refractivity contribution in [2.45, 2.75) is 76.4 Å². The number of nitrogens with zero attached hydrogens (tertiary/aromatic N) is 1. The Kier molecular flexibility index (Phi) is 8.17. The van der Waals surface area contributed by atoms with Gasteiger partial charge in [-0.15, -0.1) is 0 Å². The molecule has 1 aromatic rings. The van der Waals surface area contributed by atoms with Gasteiger partial charge >= 0.3 is 18.4 Å². The van der Waals surface area contributed by atoms with Gasteiger partial charge in [-0.1, -0.05) is 26.3 Å². The first-order valence-corrected chi connectivity index (χ1v) is 10.9. The summed E-state index contributed by atoms with van der Waals surface area (Å²) in [5.41, 5.74) is -7.18. The van der Waals surface area contributed by atoms with Crippen LogP contribution in [0.3, 0.4) is 0 Å². The number of nitrogens with one attached hydrogen (secondary N) is 1. The molecular weight excluding hydrogens is 470 g/mol. The van der Waals surface area contributed by atoms with Gasteiger partial charge in [0.1, 0.15) is 11.3 Å². The number of aryl methyl sites for hydroxylation is 1. The van der Waals surface area contributed by atoms with E-state index in [1.165, 1.54) is 0 Å². The van der Waals surface area contributed by atoms with Gasteiger partial charge in [0.2, 0.25) is 0 Å². The molecule has 1 aliphatic rings. The number of urea groups is 1. The number of rotatable bonds is 10. The molecule has 2 N–H and O–H groups in total. The number of amides is 3. The molecule has 1 heterocycles. The van der Waals surface area contributed by atoms with E-state index in [4.69, 9.17) is 4.74 Å². The lowest BCUT2D eigenvalue weighted by Crippen LogP contribution is -2.53. The van der Waals surface area contributed by atoms with E-state index in [1.807, 2.05) is 0 Å². The highest BCUT2D eigenvalue weighted by Crippen LogP contribution is 2.50. The standard InChI is InChI=1S/C22H28F6N2O4/c1-4-8-14-13-15(20(33,21(23,24)25)22(26,27)28)9-10-16(14)34-12-7-6-11-30-17(31)19(3,5-2)29-18(30)32/h9-10,13,33H,4-8,11-12H2,1-3H3,(H,29,32). The Labute approximate surface area is 193 Å². The molecule has 0 aromatic heterocycles. The second-order valence-electron chi connectivity index (χ2n) is 8.41. The Bertz CT molecular complexity index is 888. The number of hydrogen-bond acceptors (Lipinski definition) is 4. The van der Waals surface area contributed by atoms with Crippen LogP contribution in [0.25, 0.3) is 0 Å². The monoisotopic (exact) mass is 498 g/mol. The third-order valence-corrected chi connectivity index (χ3v) is 5.90. The maximum Gasteiger partial charge on any atom is 0.430 e. The van der Waals surface area contributed by atoms with Crippen molar-refractivity contribution < 1.29 is 45.8 Å². The molecular formula is C22H28F6N2O4. The van der Waals surface area contributed by atoms with Crippen LogP contribution in [0.5, 0.6) is 5.75 Å². The number of hydrogen-bond donors (Lipinski definition) is 2. The van der Waals surface area contributed by atoms with Crippen LogP contribution in [0.4, 0.5) is 31.1 Å². The second kappa shape index (κ2) is 10.0. The van der Waals surface area contributed by atoms with E-state index < -0.39 is 35.1 Å².